The van der Waals surface area contributed by atoms with E-state index >= 15 is 0 Å². The number of hydrogen-bond donors (Lipinski definition) is 0. The summed E-state index contributed by atoms with van der Waals surface area (Å²) in [6.07, 6.45) is 0. The molecule has 0 radical (unpaired) electrons. The minimum absolute atomic E-state index is 0.120. The molecule has 0 aliphatic carbocycles. The Morgan fingerprint density at radius 2 is 2.05 bits per heavy atom. The molecule has 0 spiro atoms. The lowest BCUT2D eigenvalue weighted by molar-refractivity contribution is 0.575. The van der Waals surface area contributed by atoms with Crippen molar-refractivity contribution >= 4 is 22.8 Å². The molecule has 110 valence electrons. The lowest BCUT2D eigenvalue weighted by atomic mass is 10.3. The molecular formula is C14H13ClF2N4. The highest BCUT2D eigenvalue weighted by Gasteiger charge is 2.20. The Morgan fingerprint density at radius 3 is 2.67 bits per heavy atom. The highest BCUT2D eigenvalue weighted by molar-refractivity contribution is 6.17. The molecule has 2 heterocycles. The molecule has 0 bridgehead atoms. The molecule has 2 aromatic heterocycles. The van der Waals surface area contributed by atoms with E-state index in [4.69, 9.17) is 11.6 Å². The first-order valence-corrected chi connectivity index (χ1v) is 7.06. The number of fused-ring (bicyclic) bond motifs is 1. The Hall–Kier alpha value is -1.95. The summed E-state index contributed by atoms with van der Waals surface area (Å²) < 4.78 is 30.6. The van der Waals surface area contributed by atoms with Crippen molar-refractivity contribution in [3.05, 3.63) is 41.4 Å². The van der Waals surface area contributed by atoms with Crippen molar-refractivity contribution in [2.75, 3.05) is 0 Å². The summed E-state index contributed by atoms with van der Waals surface area (Å²) in [6.45, 7) is 4.38. The highest BCUT2D eigenvalue weighted by atomic mass is 35.5. The predicted molar refractivity (Wildman–Crippen MR) is 76.7 cm³/mol. The summed E-state index contributed by atoms with van der Waals surface area (Å²) in [7, 11) is 0. The Kier molecular flexibility index (Phi) is 3.41. The molecule has 0 atom stereocenters. The van der Waals surface area contributed by atoms with Gasteiger partial charge in [-0.3, -0.25) is 4.57 Å². The van der Waals surface area contributed by atoms with Crippen LogP contribution in [0.4, 0.5) is 8.78 Å². The topological polar surface area (TPSA) is 35.6 Å². The first kappa shape index (κ1) is 14.0. The second-order valence-corrected chi connectivity index (χ2v) is 4.93. The third-order valence-electron chi connectivity index (χ3n) is 3.35. The average Bonchev–Trinajstić information content (AvgIpc) is 2.97. The Labute approximate surface area is 125 Å². The van der Waals surface area contributed by atoms with Gasteiger partial charge in [0.2, 0.25) is 0 Å². The van der Waals surface area contributed by atoms with Gasteiger partial charge >= 0.3 is 0 Å². The molecule has 0 fully saturated rings. The zero-order chi connectivity index (χ0) is 15.1. The number of nitrogens with zero attached hydrogens (tertiary/aromatic N) is 4. The van der Waals surface area contributed by atoms with Gasteiger partial charge in [-0.05, 0) is 26.0 Å². The molecule has 1 aromatic carbocycles. The number of hydrogen-bond acceptors (Lipinski definition) is 2. The van der Waals surface area contributed by atoms with Crippen LogP contribution in [0.2, 0.25) is 0 Å². The van der Waals surface area contributed by atoms with E-state index < -0.39 is 11.6 Å². The first-order valence-electron chi connectivity index (χ1n) is 6.53. The summed E-state index contributed by atoms with van der Waals surface area (Å²) in [4.78, 5) is 4.43. The smallest absolute Gasteiger partial charge is 0.163 e. The average molecular weight is 311 g/mol. The molecule has 3 aromatic rings. The number of benzene rings is 1. The van der Waals surface area contributed by atoms with E-state index in [1.165, 1.54) is 12.1 Å². The molecule has 0 aliphatic rings. The van der Waals surface area contributed by atoms with Gasteiger partial charge in [0.1, 0.15) is 23.0 Å². The van der Waals surface area contributed by atoms with E-state index in [-0.39, 0.29) is 11.6 Å². The minimum atomic E-state index is -0.665. The SMILES string of the molecule is CCn1nc(C)c2nc(CCl)n(-c3ccc(F)cc3F)c21. The normalized spacial score (nSPS) is 11.5. The van der Waals surface area contributed by atoms with Crippen molar-refractivity contribution in [2.24, 2.45) is 0 Å². The van der Waals surface area contributed by atoms with Gasteiger partial charge in [0.05, 0.1) is 17.3 Å². The zero-order valence-electron chi connectivity index (χ0n) is 11.6. The van der Waals surface area contributed by atoms with Crippen LogP contribution >= 0.6 is 11.6 Å². The fourth-order valence-corrected chi connectivity index (χ4v) is 2.62. The van der Waals surface area contributed by atoms with Gasteiger partial charge in [0.25, 0.3) is 0 Å². The van der Waals surface area contributed by atoms with E-state index in [1.54, 1.807) is 9.25 Å². The van der Waals surface area contributed by atoms with E-state index in [0.717, 1.165) is 11.8 Å². The predicted octanol–water partition coefficient (Wildman–Crippen LogP) is 3.57. The van der Waals surface area contributed by atoms with Gasteiger partial charge in [0, 0.05) is 12.6 Å². The van der Waals surface area contributed by atoms with Gasteiger partial charge < -0.3 is 0 Å². The van der Waals surface area contributed by atoms with Crippen LogP contribution in [0.15, 0.2) is 18.2 Å². The molecule has 0 aliphatic heterocycles. The van der Waals surface area contributed by atoms with Gasteiger partial charge in [-0.2, -0.15) is 5.10 Å². The number of alkyl halides is 1. The van der Waals surface area contributed by atoms with Gasteiger partial charge in [0.15, 0.2) is 5.65 Å². The molecule has 3 rings (SSSR count). The molecule has 0 N–H and O–H groups in total. The standard InChI is InChI=1S/C14H13ClF2N4/c1-3-20-14-13(8(2)19-20)18-12(7-15)21(14)11-5-4-9(16)6-10(11)17/h4-6H,3,7H2,1-2H3. The first-order chi connectivity index (χ1) is 10.1. The maximum atomic E-state index is 14.1. The third kappa shape index (κ3) is 2.10. The van der Waals surface area contributed by atoms with E-state index in [2.05, 4.69) is 10.1 Å². The Balaban J connectivity index is 2.39. The fourth-order valence-electron chi connectivity index (χ4n) is 2.44. The largest absolute Gasteiger partial charge is 0.277 e. The lowest BCUT2D eigenvalue weighted by Gasteiger charge is -2.10. The van der Waals surface area contributed by atoms with Crippen molar-refractivity contribution in [3.63, 3.8) is 0 Å². The van der Waals surface area contributed by atoms with Crippen LogP contribution in [-0.2, 0) is 12.4 Å². The van der Waals surface area contributed by atoms with Crippen LogP contribution in [-0.4, -0.2) is 19.3 Å². The maximum absolute atomic E-state index is 14.1. The number of rotatable bonds is 3. The monoisotopic (exact) mass is 310 g/mol. The summed E-state index contributed by atoms with van der Waals surface area (Å²) in [5, 5.41) is 4.37. The summed E-state index contributed by atoms with van der Waals surface area (Å²) in [6, 6.07) is 3.44. The molecule has 0 unspecified atom stereocenters. The quantitative estimate of drug-likeness (QED) is 0.693. The van der Waals surface area contributed by atoms with Crippen molar-refractivity contribution < 1.29 is 8.78 Å². The van der Waals surface area contributed by atoms with Crippen LogP contribution < -0.4 is 0 Å². The molecule has 7 heteroatoms. The molecule has 0 saturated carbocycles. The lowest BCUT2D eigenvalue weighted by Crippen LogP contribution is -2.08. The second kappa shape index (κ2) is 5.11. The van der Waals surface area contributed by atoms with Crippen LogP contribution in [0.3, 0.4) is 0 Å². The van der Waals surface area contributed by atoms with Crippen LogP contribution in [0.25, 0.3) is 16.9 Å². The van der Waals surface area contributed by atoms with Crippen molar-refractivity contribution in [1.29, 1.82) is 0 Å². The van der Waals surface area contributed by atoms with Crippen molar-refractivity contribution in [3.8, 4) is 5.69 Å². The van der Waals surface area contributed by atoms with Gasteiger partial charge in [-0.15, -0.1) is 11.6 Å². The molecule has 0 saturated heterocycles. The fraction of sp³-hybridized carbons (Fsp3) is 0.286. The van der Waals surface area contributed by atoms with Gasteiger partial charge in [-0.25, -0.2) is 18.4 Å². The van der Waals surface area contributed by atoms with E-state index in [0.29, 0.717) is 23.5 Å². The number of aromatic nitrogens is 4. The van der Waals surface area contributed by atoms with Crippen LogP contribution in [0, 0.1) is 18.6 Å². The maximum Gasteiger partial charge on any atom is 0.163 e. The highest BCUT2D eigenvalue weighted by Crippen LogP contribution is 2.26. The number of halogens is 3. The van der Waals surface area contributed by atoms with E-state index in [9.17, 15) is 8.78 Å². The Morgan fingerprint density at radius 1 is 1.29 bits per heavy atom. The summed E-state index contributed by atoms with van der Waals surface area (Å²) in [5.41, 5.74) is 2.30. The minimum Gasteiger partial charge on any atom is -0.277 e. The Bertz CT molecular complexity index is 822. The van der Waals surface area contributed by atoms with Crippen LogP contribution in [0.1, 0.15) is 18.4 Å². The van der Waals surface area contributed by atoms with Gasteiger partial charge in [-0.1, -0.05) is 0 Å². The molecular weight excluding hydrogens is 298 g/mol. The van der Waals surface area contributed by atoms with Crippen LogP contribution in [0.5, 0.6) is 0 Å². The molecule has 0 amide bonds. The third-order valence-corrected chi connectivity index (χ3v) is 3.59. The number of aryl methyl sites for hydroxylation is 2. The van der Waals surface area contributed by atoms with Crippen molar-refractivity contribution in [1.82, 2.24) is 19.3 Å². The molecule has 4 nitrogen and oxygen atoms in total. The molecule has 21 heavy (non-hydrogen) atoms. The van der Waals surface area contributed by atoms with E-state index in [1.807, 2.05) is 13.8 Å². The second-order valence-electron chi connectivity index (χ2n) is 4.67. The summed E-state index contributed by atoms with van der Waals surface area (Å²) >= 11 is 5.93. The zero-order valence-corrected chi connectivity index (χ0v) is 12.3. The number of imidazole rings is 1. The van der Waals surface area contributed by atoms with Crippen molar-refractivity contribution in [2.45, 2.75) is 26.3 Å². The summed E-state index contributed by atoms with van der Waals surface area (Å²) in [5.74, 6) is -0.670.